The van der Waals surface area contributed by atoms with Gasteiger partial charge in [0, 0.05) is 13.1 Å². The smallest absolute Gasteiger partial charge is 0.127 e. The lowest BCUT2D eigenvalue weighted by Crippen LogP contribution is -2.29. The second kappa shape index (κ2) is 3.22. The Kier molecular flexibility index (Phi) is 2.24. The lowest BCUT2D eigenvalue weighted by atomic mass is 10.3. The van der Waals surface area contributed by atoms with E-state index in [-0.39, 0.29) is 0 Å². The number of aldehydes is 1. The zero-order valence-corrected chi connectivity index (χ0v) is 5.26. The molecule has 0 aliphatic carbocycles. The first-order chi connectivity index (χ1) is 4.43. The highest BCUT2D eigenvalue weighted by Gasteiger charge is 2.00. The summed E-state index contributed by atoms with van der Waals surface area (Å²) in [7, 11) is 0. The Labute approximate surface area is 54.2 Å². The first kappa shape index (κ1) is 6.26. The van der Waals surface area contributed by atoms with E-state index in [9.17, 15) is 4.79 Å². The number of hydrogen-bond donors (Lipinski definition) is 1. The van der Waals surface area contributed by atoms with Gasteiger partial charge in [-0.05, 0) is 6.42 Å². The van der Waals surface area contributed by atoms with Crippen molar-refractivity contribution < 1.29 is 4.79 Å². The zero-order chi connectivity index (χ0) is 6.53. The van der Waals surface area contributed by atoms with Gasteiger partial charge in [0.15, 0.2) is 0 Å². The third-order valence-corrected chi connectivity index (χ3v) is 1.24. The SMILES string of the molecule is O=CCC1=NCCCN1. The van der Waals surface area contributed by atoms with Crippen molar-refractivity contribution in [2.24, 2.45) is 4.99 Å². The maximum atomic E-state index is 9.95. The molecular weight excluding hydrogens is 116 g/mol. The summed E-state index contributed by atoms with van der Waals surface area (Å²) in [5.41, 5.74) is 0. The van der Waals surface area contributed by atoms with Crippen LogP contribution in [0.15, 0.2) is 4.99 Å². The average Bonchev–Trinajstić information content (AvgIpc) is 1.91. The van der Waals surface area contributed by atoms with E-state index in [1.54, 1.807) is 0 Å². The number of carbonyl (C=O) groups excluding carboxylic acids is 1. The van der Waals surface area contributed by atoms with Gasteiger partial charge in [-0.15, -0.1) is 0 Å². The van der Waals surface area contributed by atoms with Crippen LogP contribution >= 0.6 is 0 Å². The van der Waals surface area contributed by atoms with Gasteiger partial charge in [-0.25, -0.2) is 0 Å². The van der Waals surface area contributed by atoms with Gasteiger partial charge in [0.25, 0.3) is 0 Å². The van der Waals surface area contributed by atoms with Crippen LogP contribution in [0, 0.1) is 0 Å². The number of hydrogen-bond acceptors (Lipinski definition) is 3. The van der Waals surface area contributed by atoms with Crippen molar-refractivity contribution in [3.05, 3.63) is 0 Å². The van der Waals surface area contributed by atoms with Crippen LogP contribution in [-0.4, -0.2) is 25.2 Å². The number of nitrogens with one attached hydrogen (secondary N) is 1. The summed E-state index contributed by atoms with van der Waals surface area (Å²) < 4.78 is 0. The molecular formula is C6H10N2O. The Hall–Kier alpha value is -0.860. The van der Waals surface area contributed by atoms with E-state index in [1.807, 2.05) is 0 Å². The predicted octanol–water partition coefficient (Wildman–Crippen LogP) is -0.0328. The Morgan fingerprint density at radius 1 is 1.78 bits per heavy atom. The molecule has 0 radical (unpaired) electrons. The fourth-order valence-corrected chi connectivity index (χ4v) is 0.797. The number of amidine groups is 1. The first-order valence-corrected chi connectivity index (χ1v) is 3.14. The Balaban J connectivity index is 2.36. The molecule has 0 aromatic carbocycles. The van der Waals surface area contributed by atoms with Crippen LogP contribution in [0.5, 0.6) is 0 Å². The quantitative estimate of drug-likeness (QED) is 0.528. The highest BCUT2D eigenvalue weighted by molar-refractivity contribution is 5.92. The molecule has 0 bridgehead atoms. The third-order valence-electron chi connectivity index (χ3n) is 1.24. The molecule has 0 fully saturated rings. The van der Waals surface area contributed by atoms with Gasteiger partial charge >= 0.3 is 0 Å². The minimum Gasteiger partial charge on any atom is -0.373 e. The minimum atomic E-state index is 0.444. The molecule has 1 aliphatic rings. The van der Waals surface area contributed by atoms with Gasteiger partial charge in [-0.3, -0.25) is 4.99 Å². The number of aliphatic imine (C=N–C) groups is 1. The Morgan fingerprint density at radius 3 is 3.22 bits per heavy atom. The van der Waals surface area contributed by atoms with Crippen molar-refractivity contribution in [1.82, 2.24) is 5.32 Å². The van der Waals surface area contributed by atoms with Crippen LogP contribution < -0.4 is 5.32 Å². The highest BCUT2D eigenvalue weighted by atomic mass is 16.1. The lowest BCUT2D eigenvalue weighted by molar-refractivity contribution is -0.106. The molecule has 1 rings (SSSR count). The molecule has 50 valence electrons. The van der Waals surface area contributed by atoms with Crippen molar-refractivity contribution in [3.63, 3.8) is 0 Å². The van der Waals surface area contributed by atoms with Crippen LogP contribution in [0.1, 0.15) is 12.8 Å². The maximum absolute atomic E-state index is 9.95. The van der Waals surface area contributed by atoms with Crippen LogP contribution in [0.25, 0.3) is 0 Å². The molecule has 0 saturated carbocycles. The molecule has 0 unspecified atom stereocenters. The van der Waals surface area contributed by atoms with E-state index in [0.717, 1.165) is 31.6 Å². The van der Waals surface area contributed by atoms with Gasteiger partial charge in [0.05, 0.1) is 6.42 Å². The van der Waals surface area contributed by atoms with Crippen molar-refractivity contribution in [3.8, 4) is 0 Å². The van der Waals surface area contributed by atoms with Crippen LogP contribution in [0.3, 0.4) is 0 Å². The fourth-order valence-electron chi connectivity index (χ4n) is 0.797. The standard InChI is InChI=1S/C6H10N2O/c9-5-2-6-7-3-1-4-8-6/h5H,1-4H2,(H,7,8). The van der Waals surface area contributed by atoms with E-state index in [1.165, 1.54) is 0 Å². The maximum Gasteiger partial charge on any atom is 0.127 e. The van der Waals surface area contributed by atoms with Crippen LogP contribution in [-0.2, 0) is 4.79 Å². The van der Waals surface area contributed by atoms with Crippen molar-refractivity contribution in [2.75, 3.05) is 13.1 Å². The van der Waals surface area contributed by atoms with Gasteiger partial charge in [-0.1, -0.05) is 0 Å². The molecule has 1 N–H and O–H groups in total. The molecule has 1 heterocycles. The van der Waals surface area contributed by atoms with E-state index < -0.39 is 0 Å². The molecule has 0 spiro atoms. The summed E-state index contributed by atoms with van der Waals surface area (Å²) >= 11 is 0. The monoisotopic (exact) mass is 126 g/mol. The van der Waals surface area contributed by atoms with Gasteiger partial charge < -0.3 is 10.1 Å². The normalized spacial score (nSPS) is 18.0. The van der Waals surface area contributed by atoms with E-state index in [2.05, 4.69) is 10.3 Å². The molecule has 9 heavy (non-hydrogen) atoms. The summed E-state index contributed by atoms with van der Waals surface area (Å²) in [6.07, 6.45) is 2.40. The molecule has 3 heteroatoms. The Bertz CT molecular complexity index is 131. The fraction of sp³-hybridized carbons (Fsp3) is 0.667. The second-order valence-electron chi connectivity index (χ2n) is 1.98. The summed E-state index contributed by atoms with van der Waals surface area (Å²) in [6.45, 7) is 1.84. The number of nitrogens with zero attached hydrogens (tertiary/aromatic N) is 1. The first-order valence-electron chi connectivity index (χ1n) is 3.14. The molecule has 0 amide bonds. The van der Waals surface area contributed by atoms with Gasteiger partial charge in [0.2, 0.25) is 0 Å². The third kappa shape index (κ3) is 1.83. The molecule has 3 nitrogen and oxygen atoms in total. The summed E-state index contributed by atoms with van der Waals surface area (Å²) in [5, 5.41) is 3.04. The molecule has 0 aromatic rings. The summed E-state index contributed by atoms with van der Waals surface area (Å²) in [5.74, 6) is 0.844. The molecule has 0 aromatic heterocycles. The zero-order valence-electron chi connectivity index (χ0n) is 5.26. The minimum absolute atomic E-state index is 0.444. The predicted molar refractivity (Wildman–Crippen MR) is 35.6 cm³/mol. The van der Waals surface area contributed by atoms with Crippen molar-refractivity contribution in [2.45, 2.75) is 12.8 Å². The lowest BCUT2D eigenvalue weighted by Gasteiger charge is -2.11. The van der Waals surface area contributed by atoms with E-state index >= 15 is 0 Å². The van der Waals surface area contributed by atoms with E-state index in [4.69, 9.17) is 0 Å². The Morgan fingerprint density at radius 2 is 2.67 bits per heavy atom. The number of carbonyl (C=O) groups is 1. The van der Waals surface area contributed by atoms with Crippen LogP contribution in [0.4, 0.5) is 0 Å². The molecule has 1 aliphatic heterocycles. The highest BCUT2D eigenvalue weighted by Crippen LogP contribution is 1.90. The van der Waals surface area contributed by atoms with Crippen molar-refractivity contribution >= 4 is 12.1 Å². The summed E-state index contributed by atoms with van der Waals surface area (Å²) in [4.78, 5) is 14.0. The topological polar surface area (TPSA) is 41.5 Å². The second-order valence-corrected chi connectivity index (χ2v) is 1.98. The van der Waals surface area contributed by atoms with Gasteiger partial charge in [-0.2, -0.15) is 0 Å². The molecule has 0 atom stereocenters. The van der Waals surface area contributed by atoms with E-state index in [0.29, 0.717) is 6.42 Å². The van der Waals surface area contributed by atoms with Crippen molar-refractivity contribution in [1.29, 1.82) is 0 Å². The van der Waals surface area contributed by atoms with Gasteiger partial charge in [0.1, 0.15) is 12.1 Å². The average molecular weight is 126 g/mol. The summed E-state index contributed by atoms with van der Waals surface area (Å²) in [6, 6.07) is 0. The molecule has 0 saturated heterocycles. The number of rotatable bonds is 2. The largest absolute Gasteiger partial charge is 0.373 e. The van der Waals surface area contributed by atoms with Crippen LogP contribution in [0.2, 0.25) is 0 Å².